The van der Waals surface area contributed by atoms with Gasteiger partial charge in [-0.1, -0.05) is 0 Å². The number of fused-ring (bicyclic) bond motifs is 1. The Bertz CT molecular complexity index is 1080. The number of rotatable bonds is 12. The van der Waals surface area contributed by atoms with Crippen molar-refractivity contribution in [2.75, 3.05) is 13.2 Å². The van der Waals surface area contributed by atoms with Gasteiger partial charge in [0.25, 0.3) is 0 Å². The van der Waals surface area contributed by atoms with Crippen LogP contribution in [0.1, 0.15) is 83.6 Å². The van der Waals surface area contributed by atoms with Crippen LogP contribution in [-0.4, -0.2) is 53.3 Å². The van der Waals surface area contributed by atoms with Crippen molar-refractivity contribution in [3.05, 3.63) is 62.9 Å². The summed E-state index contributed by atoms with van der Waals surface area (Å²) in [5, 5.41) is 0. The van der Waals surface area contributed by atoms with Crippen LogP contribution in [0.5, 0.6) is 0 Å². The molecule has 1 aromatic carbocycles. The molecule has 2 aromatic rings. The fourth-order valence-corrected chi connectivity index (χ4v) is 21.9. The van der Waals surface area contributed by atoms with Crippen LogP contribution in [0.3, 0.4) is 0 Å². The summed E-state index contributed by atoms with van der Waals surface area (Å²) in [6.45, 7) is 7.57. The molecular weight excluding hydrogens is 575 g/mol. The molecule has 1 N–H and O–H groups in total. The van der Waals surface area contributed by atoms with E-state index in [0.717, 1.165) is 47.7 Å². The quantitative estimate of drug-likeness (QED) is 0.337. The van der Waals surface area contributed by atoms with Crippen molar-refractivity contribution < 1.29 is 14.2 Å². The molecule has 0 bridgehead atoms. The number of nitrogens with one attached hydrogen (secondary N) is 1. The van der Waals surface area contributed by atoms with E-state index in [1.807, 2.05) is 36.5 Å². The molecule has 2 saturated heterocycles. The molecule has 2 fully saturated rings. The maximum atomic E-state index is 13.4. The number of H-pyrrole nitrogens is 1. The van der Waals surface area contributed by atoms with Crippen molar-refractivity contribution in [3.63, 3.8) is 0 Å². The number of aromatic nitrogens is 2. The zero-order valence-electron chi connectivity index (χ0n) is 22.7. The first-order chi connectivity index (χ1) is 18.0. The second-order valence-electron chi connectivity index (χ2n) is 10.8. The van der Waals surface area contributed by atoms with Gasteiger partial charge in [0.1, 0.15) is 0 Å². The molecule has 0 aliphatic carbocycles. The van der Waals surface area contributed by atoms with Crippen LogP contribution < -0.4 is 14.8 Å². The molecule has 8 heteroatoms. The first kappa shape index (κ1) is 28.6. The summed E-state index contributed by atoms with van der Waals surface area (Å²) in [5.41, 5.74) is 0.503. The van der Waals surface area contributed by atoms with Gasteiger partial charge in [0.05, 0.1) is 0 Å². The van der Waals surface area contributed by atoms with E-state index in [4.69, 9.17) is 14.2 Å². The normalized spacial score (nSPS) is 24.1. The van der Waals surface area contributed by atoms with Crippen LogP contribution in [0.15, 0.2) is 46.1 Å². The summed E-state index contributed by atoms with van der Waals surface area (Å²) in [4.78, 5) is 29.2. The molecule has 37 heavy (non-hydrogen) atoms. The van der Waals surface area contributed by atoms with Crippen molar-refractivity contribution in [2.45, 2.75) is 104 Å². The Labute approximate surface area is 224 Å². The molecule has 2 aliphatic rings. The first-order valence-corrected chi connectivity index (χ1v) is 21.8. The van der Waals surface area contributed by atoms with E-state index in [1.165, 1.54) is 13.3 Å². The average molecular weight is 619 g/mol. The van der Waals surface area contributed by atoms with Crippen LogP contribution in [0, 0.1) is 0 Å². The topological polar surface area (TPSA) is 82.6 Å². The number of nitrogens with zero attached hydrogens (tertiary/aromatic N) is 1. The molecule has 2 aliphatic heterocycles. The van der Waals surface area contributed by atoms with E-state index in [-0.39, 0.29) is 29.5 Å². The van der Waals surface area contributed by atoms with Crippen LogP contribution in [0.4, 0.5) is 0 Å². The molecule has 4 atom stereocenters. The number of hydrogen-bond donors (Lipinski definition) is 1. The van der Waals surface area contributed by atoms with E-state index < -0.39 is 24.7 Å². The fraction of sp³-hybridized carbons (Fsp3) is 0.655. The Hall–Kier alpha value is -1.42. The minimum atomic E-state index is -3.04. The van der Waals surface area contributed by atoms with Gasteiger partial charge < -0.3 is 0 Å². The summed E-state index contributed by atoms with van der Waals surface area (Å²) in [6, 6.07) is 9.75. The van der Waals surface area contributed by atoms with Crippen LogP contribution in [0.2, 0.25) is 13.3 Å². The fourth-order valence-electron chi connectivity index (χ4n) is 5.95. The van der Waals surface area contributed by atoms with E-state index in [2.05, 4.69) is 25.8 Å². The predicted octanol–water partition coefficient (Wildman–Crippen LogP) is 5.04. The summed E-state index contributed by atoms with van der Waals surface area (Å²) in [5.74, 6) is 0. The summed E-state index contributed by atoms with van der Waals surface area (Å²) >= 11 is -3.04. The molecular formula is C29H44N2O5Sn. The van der Waals surface area contributed by atoms with Gasteiger partial charge in [-0.25, -0.2) is 0 Å². The number of hydrogen-bond acceptors (Lipinski definition) is 5. The predicted molar refractivity (Wildman–Crippen MR) is 149 cm³/mol. The average Bonchev–Trinajstić information content (AvgIpc) is 2.93. The van der Waals surface area contributed by atoms with Crippen molar-refractivity contribution >= 4 is 22.0 Å². The molecule has 7 nitrogen and oxygen atoms in total. The SMILES string of the molecule is CCC[CH2][Sn]([CH2]CCC)([CH2]CCC)[c]1cn([C@@H]2CO[C@@H]3CO[C@@H](c4ccccc4)O[C@H]3C2)c(=O)[nH]c1=O. The van der Waals surface area contributed by atoms with Gasteiger partial charge in [0, 0.05) is 0 Å². The monoisotopic (exact) mass is 620 g/mol. The Morgan fingerprint density at radius 1 is 0.892 bits per heavy atom. The van der Waals surface area contributed by atoms with Gasteiger partial charge >= 0.3 is 225 Å². The van der Waals surface area contributed by atoms with Gasteiger partial charge in [0.2, 0.25) is 0 Å². The number of aromatic amines is 1. The second-order valence-corrected chi connectivity index (χ2v) is 23.9. The van der Waals surface area contributed by atoms with Gasteiger partial charge in [0.15, 0.2) is 0 Å². The molecule has 4 rings (SSSR count). The van der Waals surface area contributed by atoms with Crippen LogP contribution in [-0.2, 0) is 14.2 Å². The van der Waals surface area contributed by atoms with E-state index in [1.54, 1.807) is 4.57 Å². The molecule has 0 amide bonds. The third-order valence-electron chi connectivity index (χ3n) is 8.16. The molecule has 0 radical (unpaired) electrons. The van der Waals surface area contributed by atoms with Crippen molar-refractivity contribution in [3.8, 4) is 0 Å². The maximum absolute atomic E-state index is 13.4. The molecule has 0 saturated carbocycles. The number of ether oxygens (including phenoxy) is 3. The Morgan fingerprint density at radius 2 is 1.54 bits per heavy atom. The first-order valence-electron chi connectivity index (χ1n) is 14.3. The summed E-state index contributed by atoms with van der Waals surface area (Å²) in [6.07, 6.45) is 8.74. The molecule has 204 valence electrons. The third-order valence-corrected chi connectivity index (χ3v) is 23.7. The number of unbranched alkanes of at least 4 members (excludes halogenated alkanes) is 3. The number of benzene rings is 1. The van der Waals surface area contributed by atoms with Gasteiger partial charge in [-0.2, -0.15) is 0 Å². The van der Waals surface area contributed by atoms with Gasteiger partial charge in [-0.05, 0) is 0 Å². The standard InChI is InChI=1S/C17H17N2O5.3C4H9.Sn/c20-15-6-7-19(17(21)18-15)12-8-13-14(22-9-12)10-23-16(24-13)11-4-2-1-3-5-11;3*1-3-4-2;/h1-5,7,12-14,16H,8-10H2,(H,18,20,21);3*1,3-4H2,2H3;/t12-,13-,14+,16+;;;;/m0..../s1. The molecule has 0 unspecified atom stereocenters. The Balaban J connectivity index is 1.62. The van der Waals surface area contributed by atoms with Crippen LogP contribution in [0.25, 0.3) is 0 Å². The molecule has 3 heterocycles. The van der Waals surface area contributed by atoms with E-state index in [0.29, 0.717) is 19.6 Å². The summed E-state index contributed by atoms with van der Waals surface area (Å²) < 4.78 is 24.7. The van der Waals surface area contributed by atoms with Crippen molar-refractivity contribution in [1.82, 2.24) is 9.55 Å². The Kier molecular flexibility index (Phi) is 10.5. The second kappa shape index (κ2) is 13.6. The molecule has 0 spiro atoms. The van der Waals surface area contributed by atoms with E-state index >= 15 is 0 Å². The summed E-state index contributed by atoms with van der Waals surface area (Å²) in [7, 11) is 0. The Morgan fingerprint density at radius 3 is 2.16 bits per heavy atom. The molecule has 1 aromatic heterocycles. The van der Waals surface area contributed by atoms with Crippen molar-refractivity contribution in [1.29, 1.82) is 0 Å². The van der Waals surface area contributed by atoms with Gasteiger partial charge in [-0.15, -0.1) is 0 Å². The van der Waals surface area contributed by atoms with E-state index in [9.17, 15) is 9.59 Å². The van der Waals surface area contributed by atoms with Crippen LogP contribution >= 0.6 is 0 Å². The minimum absolute atomic E-state index is 0.138. The van der Waals surface area contributed by atoms with Crippen molar-refractivity contribution in [2.24, 2.45) is 0 Å². The zero-order valence-corrected chi connectivity index (χ0v) is 25.6. The van der Waals surface area contributed by atoms with Gasteiger partial charge in [-0.3, -0.25) is 0 Å². The zero-order chi connectivity index (χ0) is 26.3. The third kappa shape index (κ3) is 6.78.